The Labute approximate surface area is 115 Å². The monoisotopic (exact) mass is 274 g/mol. The molecule has 0 bridgehead atoms. The van der Waals surface area contributed by atoms with Gasteiger partial charge in [-0.25, -0.2) is 4.79 Å². The summed E-state index contributed by atoms with van der Waals surface area (Å²) in [4.78, 5) is 11.4. The zero-order chi connectivity index (χ0) is 14.1. The first-order chi connectivity index (χ1) is 9.71. The van der Waals surface area contributed by atoms with Crippen LogP contribution in [-0.2, 0) is 4.74 Å². The van der Waals surface area contributed by atoms with Crippen molar-refractivity contribution in [3.8, 4) is 11.5 Å². The van der Waals surface area contributed by atoms with Gasteiger partial charge in [0.25, 0.3) is 0 Å². The highest BCUT2D eigenvalue weighted by Gasteiger charge is 2.43. The van der Waals surface area contributed by atoms with E-state index in [0.717, 1.165) is 11.3 Å². The lowest BCUT2D eigenvalue weighted by molar-refractivity contribution is 0.332. The van der Waals surface area contributed by atoms with Gasteiger partial charge in [-0.05, 0) is 17.7 Å². The number of benzene rings is 1. The fourth-order valence-electron chi connectivity index (χ4n) is 2.11. The molecule has 5 heteroatoms. The van der Waals surface area contributed by atoms with E-state index in [1.54, 1.807) is 13.2 Å². The summed E-state index contributed by atoms with van der Waals surface area (Å²) in [6.07, 6.45) is -0.345. The van der Waals surface area contributed by atoms with E-state index in [0.29, 0.717) is 11.5 Å². The largest absolute Gasteiger partial charge is 0.497 e. The molecule has 1 aliphatic heterocycles. The molecule has 1 aromatic heterocycles. The second kappa shape index (κ2) is 5.02. The third kappa shape index (κ3) is 2.40. The van der Waals surface area contributed by atoms with Gasteiger partial charge in [0, 0.05) is 6.07 Å². The molecule has 0 N–H and O–H groups in total. The van der Waals surface area contributed by atoms with E-state index in [2.05, 4.69) is 0 Å². The predicted molar refractivity (Wildman–Crippen MR) is 71.1 cm³/mol. The first-order valence-corrected chi connectivity index (χ1v) is 6.20. The van der Waals surface area contributed by atoms with Gasteiger partial charge in [0.1, 0.15) is 29.5 Å². The summed E-state index contributed by atoms with van der Waals surface area (Å²) in [5, 5.41) is 0. The van der Waals surface area contributed by atoms with Crippen LogP contribution in [0.4, 0.5) is 0 Å². The minimum Gasteiger partial charge on any atom is -0.497 e. The molecule has 1 aromatic carbocycles. The summed E-state index contributed by atoms with van der Waals surface area (Å²) < 4.78 is 20.9. The summed E-state index contributed by atoms with van der Waals surface area (Å²) in [7, 11) is 3.13. The second-order valence-corrected chi connectivity index (χ2v) is 4.47. The Morgan fingerprint density at radius 3 is 2.30 bits per heavy atom. The molecule has 1 aliphatic rings. The van der Waals surface area contributed by atoms with E-state index in [1.165, 1.54) is 13.2 Å². The molecule has 104 valence electrons. The van der Waals surface area contributed by atoms with Gasteiger partial charge in [0.2, 0.25) is 0 Å². The van der Waals surface area contributed by atoms with E-state index in [-0.39, 0.29) is 12.2 Å². The standard InChI is InChI=1S/C15H14O5/c1-17-10-5-3-9(4-6-10)14-15(20-14)12-7-11(18-2)8-13(16)19-12/h3-8,14-15H,1-2H3/t14-,15-/m1/s1. The van der Waals surface area contributed by atoms with Crippen molar-refractivity contribution in [3.63, 3.8) is 0 Å². The summed E-state index contributed by atoms with van der Waals surface area (Å²) >= 11 is 0. The molecule has 2 atom stereocenters. The third-order valence-corrected chi connectivity index (χ3v) is 3.22. The van der Waals surface area contributed by atoms with Crippen molar-refractivity contribution in [1.82, 2.24) is 0 Å². The Kier molecular flexibility index (Phi) is 3.20. The van der Waals surface area contributed by atoms with Crippen LogP contribution in [0.5, 0.6) is 11.5 Å². The van der Waals surface area contributed by atoms with Gasteiger partial charge in [-0.3, -0.25) is 0 Å². The van der Waals surface area contributed by atoms with Crippen molar-refractivity contribution < 1.29 is 18.6 Å². The van der Waals surface area contributed by atoms with E-state index < -0.39 is 5.63 Å². The molecule has 1 fully saturated rings. The number of epoxide rings is 1. The van der Waals surface area contributed by atoms with Gasteiger partial charge in [-0.2, -0.15) is 0 Å². The third-order valence-electron chi connectivity index (χ3n) is 3.22. The zero-order valence-corrected chi connectivity index (χ0v) is 11.2. The normalized spacial score (nSPS) is 20.5. The second-order valence-electron chi connectivity index (χ2n) is 4.47. The highest BCUT2D eigenvalue weighted by Crippen LogP contribution is 2.51. The van der Waals surface area contributed by atoms with Crippen LogP contribution in [0.25, 0.3) is 0 Å². The van der Waals surface area contributed by atoms with Gasteiger partial charge in [0.15, 0.2) is 0 Å². The Hall–Kier alpha value is -2.27. The van der Waals surface area contributed by atoms with Gasteiger partial charge in [0.05, 0.1) is 20.3 Å². The van der Waals surface area contributed by atoms with Crippen LogP contribution in [0, 0.1) is 0 Å². The Morgan fingerprint density at radius 1 is 0.950 bits per heavy atom. The zero-order valence-electron chi connectivity index (χ0n) is 11.2. The first-order valence-electron chi connectivity index (χ1n) is 6.20. The lowest BCUT2D eigenvalue weighted by atomic mass is 10.1. The molecule has 0 radical (unpaired) electrons. The average Bonchev–Trinajstić information content (AvgIpc) is 3.27. The fraction of sp³-hybridized carbons (Fsp3) is 0.267. The predicted octanol–water partition coefficient (Wildman–Crippen LogP) is 2.47. The van der Waals surface area contributed by atoms with E-state index >= 15 is 0 Å². The van der Waals surface area contributed by atoms with E-state index in [1.807, 2.05) is 24.3 Å². The van der Waals surface area contributed by atoms with Gasteiger partial charge < -0.3 is 18.6 Å². The Bertz CT molecular complexity index is 659. The lowest BCUT2D eigenvalue weighted by Crippen LogP contribution is -2.00. The molecular formula is C15H14O5. The highest BCUT2D eigenvalue weighted by atomic mass is 16.6. The molecule has 2 heterocycles. The topological polar surface area (TPSA) is 61.2 Å². The maximum Gasteiger partial charge on any atom is 0.339 e. The minimum absolute atomic E-state index is 0.101. The first kappa shape index (κ1) is 12.7. The molecule has 0 aliphatic carbocycles. The van der Waals surface area contributed by atoms with Crippen LogP contribution >= 0.6 is 0 Å². The average molecular weight is 274 g/mol. The molecule has 0 unspecified atom stereocenters. The van der Waals surface area contributed by atoms with Crippen LogP contribution in [-0.4, -0.2) is 14.2 Å². The van der Waals surface area contributed by atoms with E-state index in [9.17, 15) is 4.79 Å². The van der Waals surface area contributed by atoms with Crippen LogP contribution < -0.4 is 15.1 Å². The number of hydrogen-bond acceptors (Lipinski definition) is 5. The van der Waals surface area contributed by atoms with Crippen LogP contribution in [0.15, 0.2) is 45.6 Å². The van der Waals surface area contributed by atoms with Crippen molar-refractivity contribution in [2.45, 2.75) is 12.2 Å². The number of hydrogen-bond donors (Lipinski definition) is 0. The molecule has 2 aromatic rings. The maximum atomic E-state index is 11.4. The molecule has 3 rings (SSSR count). The number of ether oxygens (including phenoxy) is 3. The Balaban J connectivity index is 1.81. The van der Waals surface area contributed by atoms with Crippen LogP contribution in [0.1, 0.15) is 23.5 Å². The van der Waals surface area contributed by atoms with Crippen LogP contribution in [0.2, 0.25) is 0 Å². The molecule has 1 saturated heterocycles. The summed E-state index contributed by atoms with van der Waals surface area (Å²) in [6.45, 7) is 0. The van der Waals surface area contributed by atoms with Crippen molar-refractivity contribution in [1.29, 1.82) is 0 Å². The molecule has 5 nitrogen and oxygen atoms in total. The summed E-state index contributed by atoms with van der Waals surface area (Å²) in [5.41, 5.74) is 0.574. The quantitative estimate of drug-likeness (QED) is 0.801. The van der Waals surface area contributed by atoms with Crippen molar-refractivity contribution in [2.75, 3.05) is 14.2 Å². The lowest BCUT2D eigenvalue weighted by Gasteiger charge is -2.01. The summed E-state index contributed by atoms with van der Waals surface area (Å²) in [5.74, 6) is 1.74. The molecular weight excluding hydrogens is 260 g/mol. The van der Waals surface area contributed by atoms with Gasteiger partial charge in [-0.15, -0.1) is 0 Å². The van der Waals surface area contributed by atoms with Gasteiger partial charge in [-0.1, -0.05) is 12.1 Å². The summed E-state index contributed by atoms with van der Waals surface area (Å²) in [6, 6.07) is 10.6. The highest BCUT2D eigenvalue weighted by molar-refractivity contribution is 5.33. The molecule has 0 amide bonds. The van der Waals surface area contributed by atoms with Crippen molar-refractivity contribution in [2.24, 2.45) is 0 Å². The smallest absolute Gasteiger partial charge is 0.339 e. The van der Waals surface area contributed by atoms with Crippen molar-refractivity contribution >= 4 is 0 Å². The molecule has 0 spiro atoms. The maximum absolute atomic E-state index is 11.4. The number of rotatable bonds is 4. The number of methoxy groups -OCH3 is 2. The minimum atomic E-state index is -0.441. The Morgan fingerprint density at radius 2 is 1.65 bits per heavy atom. The van der Waals surface area contributed by atoms with Crippen molar-refractivity contribution in [3.05, 3.63) is 58.1 Å². The molecule has 0 saturated carbocycles. The van der Waals surface area contributed by atoms with Gasteiger partial charge >= 0.3 is 5.63 Å². The molecule has 20 heavy (non-hydrogen) atoms. The SMILES string of the molecule is COc1ccc([C@H]2O[C@@H]2c2cc(OC)cc(=O)o2)cc1. The van der Waals surface area contributed by atoms with E-state index in [4.69, 9.17) is 18.6 Å². The van der Waals surface area contributed by atoms with Crippen LogP contribution in [0.3, 0.4) is 0 Å². The fourth-order valence-corrected chi connectivity index (χ4v) is 2.11.